The minimum atomic E-state index is -0.800. The first-order valence-corrected chi connectivity index (χ1v) is 6.73. The maximum absolute atomic E-state index is 11.8. The maximum atomic E-state index is 11.8. The molecule has 0 saturated heterocycles. The molecule has 2 rings (SSSR count). The second-order valence-electron chi connectivity index (χ2n) is 5.04. The summed E-state index contributed by atoms with van der Waals surface area (Å²) in [4.78, 5) is 22.9. The van der Waals surface area contributed by atoms with Crippen LogP contribution >= 0.6 is 0 Å². The van der Waals surface area contributed by atoms with Gasteiger partial charge in [-0.05, 0) is 24.8 Å². The van der Waals surface area contributed by atoms with Gasteiger partial charge < -0.3 is 10.4 Å². The van der Waals surface area contributed by atoms with Gasteiger partial charge in [0, 0.05) is 12.5 Å². The Kier molecular flexibility index (Phi) is 4.55. The van der Waals surface area contributed by atoms with Crippen LogP contribution in [0.5, 0.6) is 0 Å². The molecule has 102 valence electrons. The summed E-state index contributed by atoms with van der Waals surface area (Å²) in [6, 6.07) is 9.63. The standard InChI is InChI=1S/C15H19NO3/c17-14(10-9-11-5-2-1-3-6-11)16-13-8-4-7-12(13)15(18)19/h1-3,5-6,12-13H,4,7-10H2,(H,16,17)(H,18,19)/t12-,13+/m1/s1. The quantitative estimate of drug-likeness (QED) is 0.851. The number of nitrogens with one attached hydrogen (secondary N) is 1. The summed E-state index contributed by atoms with van der Waals surface area (Å²) in [5.41, 5.74) is 1.12. The van der Waals surface area contributed by atoms with Crippen molar-refractivity contribution in [3.05, 3.63) is 35.9 Å². The van der Waals surface area contributed by atoms with E-state index in [1.54, 1.807) is 0 Å². The van der Waals surface area contributed by atoms with Crippen LogP contribution in [0.2, 0.25) is 0 Å². The molecule has 0 spiro atoms. The number of hydrogen-bond donors (Lipinski definition) is 2. The molecule has 0 aliphatic heterocycles. The van der Waals surface area contributed by atoms with Gasteiger partial charge in [-0.3, -0.25) is 9.59 Å². The van der Waals surface area contributed by atoms with Crippen LogP contribution in [0.15, 0.2) is 30.3 Å². The number of carboxylic acid groups (broad SMARTS) is 1. The first-order valence-electron chi connectivity index (χ1n) is 6.73. The molecule has 4 nitrogen and oxygen atoms in total. The van der Waals surface area contributed by atoms with Crippen molar-refractivity contribution in [3.8, 4) is 0 Å². The van der Waals surface area contributed by atoms with Crippen molar-refractivity contribution < 1.29 is 14.7 Å². The number of carbonyl (C=O) groups excluding carboxylic acids is 1. The van der Waals surface area contributed by atoms with Crippen LogP contribution in [-0.2, 0) is 16.0 Å². The van der Waals surface area contributed by atoms with Crippen LogP contribution in [0, 0.1) is 5.92 Å². The number of carboxylic acids is 1. The lowest BCUT2D eigenvalue weighted by molar-refractivity contribution is -0.142. The van der Waals surface area contributed by atoms with Gasteiger partial charge in [-0.15, -0.1) is 0 Å². The molecule has 0 unspecified atom stereocenters. The van der Waals surface area contributed by atoms with Crippen molar-refractivity contribution >= 4 is 11.9 Å². The van der Waals surface area contributed by atoms with E-state index in [2.05, 4.69) is 5.32 Å². The van der Waals surface area contributed by atoms with Crippen LogP contribution in [0.1, 0.15) is 31.2 Å². The number of carbonyl (C=O) groups is 2. The lowest BCUT2D eigenvalue weighted by Crippen LogP contribution is -2.40. The van der Waals surface area contributed by atoms with Crippen molar-refractivity contribution in [1.82, 2.24) is 5.32 Å². The second kappa shape index (κ2) is 6.36. The first kappa shape index (κ1) is 13.6. The van der Waals surface area contributed by atoms with E-state index < -0.39 is 11.9 Å². The van der Waals surface area contributed by atoms with Gasteiger partial charge in [-0.1, -0.05) is 36.8 Å². The van der Waals surface area contributed by atoms with Gasteiger partial charge in [0.1, 0.15) is 0 Å². The number of rotatable bonds is 5. The van der Waals surface area contributed by atoms with E-state index in [0.29, 0.717) is 19.3 Å². The summed E-state index contributed by atoms with van der Waals surface area (Å²) < 4.78 is 0. The van der Waals surface area contributed by atoms with Gasteiger partial charge in [0.2, 0.25) is 5.91 Å². The normalized spacial score (nSPS) is 22.1. The zero-order valence-corrected chi connectivity index (χ0v) is 10.8. The molecule has 1 aromatic rings. The molecule has 0 radical (unpaired) electrons. The largest absolute Gasteiger partial charge is 0.481 e. The molecule has 1 amide bonds. The van der Waals surface area contributed by atoms with E-state index in [-0.39, 0.29) is 11.9 Å². The Hall–Kier alpha value is -1.84. The van der Waals surface area contributed by atoms with Crippen LogP contribution in [0.25, 0.3) is 0 Å². The van der Waals surface area contributed by atoms with Crippen molar-refractivity contribution in [3.63, 3.8) is 0 Å². The highest BCUT2D eigenvalue weighted by molar-refractivity contribution is 5.78. The van der Waals surface area contributed by atoms with E-state index in [4.69, 9.17) is 5.11 Å². The van der Waals surface area contributed by atoms with E-state index in [0.717, 1.165) is 18.4 Å². The van der Waals surface area contributed by atoms with Crippen molar-refractivity contribution in [2.45, 2.75) is 38.1 Å². The van der Waals surface area contributed by atoms with Crippen molar-refractivity contribution in [2.75, 3.05) is 0 Å². The zero-order chi connectivity index (χ0) is 13.7. The number of aliphatic carboxylic acids is 1. The molecule has 1 fully saturated rings. The monoisotopic (exact) mass is 261 g/mol. The number of hydrogen-bond acceptors (Lipinski definition) is 2. The zero-order valence-electron chi connectivity index (χ0n) is 10.8. The van der Waals surface area contributed by atoms with Gasteiger partial charge in [0.25, 0.3) is 0 Å². The van der Waals surface area contributed by atoms with Gasteiger partial charge in [0.15, 0.2) is 0 Å². The predicted molar refractivity (Wildman–Crippen MR) is 71.7 cm³/mol. The Labute approximate surface area is 112 Å². The third-order valence-electron chi connectivity index (χ3n) is 3.66. The molecule has 19 heavy (non-hydrogen) atoms. The molecule has 4 heteroatoms. The Balaban J connectivity index is 1.80. The molecular formula is C15H19NO3. The third kappa shape index (κ3) is 3.81. The van der Waals surface area contributed by atoms with Gasteiger partial charge in [-0.2, -0.15) is 0 Å². The summed E-state index contributed by atoms with van der Waals surface area (Å²) in [6.07, 6.45) is 3.41. The Morgan fingerprint density at radius 1 is 1.21 bits per heavy atom. The highest BCUT2D eigenvalue weighted by Crippen LogP contribution is 2.25. The highest BCUT2D eigenvalue weighted by Gasteiger charge is 2.33. The summed E-state index contributed by atoms with van der Waals surface area (Å²) in [6.45, 7) is 0. The summed E-state index contributed by atoms with van der Waals surface area (Å²) in [5.74, 6) is -1.27. The fraction of sp³-hybridized carbons (Fsp3) is 0.467. The molecule has 2 N–H and O–H groups in total. The lowest BCUT2D eigenvalue weighted by atomic mass is 10.0. The lowest BCUT2D eigenvalue weighted by Gasteiger charge is -2.17. The fourth-order valence-electron chi connectivity index (χ4n) is 2.61. The number of amides is 1. The Bertz CT molecular complexity index is 444. The fourth-order valence-corrected chi connectivity index (χ4v) is 2.61. The minimum absolute atomic E-state index is 0.0537. The summed E-state index contributed by atoms with van der Waals surface area (Å²) >= 11 is 0. The predicted octanol–water partition coefficient (Wildman–Crippen LogP) is 1.99. The average Bonchev–Trinajstić information content (AvgIpc) is 2.86. The smallest absolute Gasteiger partial charge is 0.308 e. The van der Waals surface area contributed by atoms with Crippen molar-refractivity contribution in [2.24, 2.45) is 5.92 Å². The molecule has 1 aliphatic rings. The van der Waals surface area contributed by atoms with Crippen LogP contribution < -0.4 is 5.32 Å². The van der Waals surface area contributed by atoms with Crippen LogP contribution in [0.3, 0.4) is 0 Å². The van der Waals surface area contributed by atoms with E-state index in [1.165, 1.54) is 0 Å². The first-order chi connectivity index (χ1) is 9.16. The van der Waals surface area contributed by atoms with E-state index in [1.807, 2.05) is 30.3 Å². The van der Waals surface area contributed by atoms with Gasteiger partial charge in [0.05, 0.1) is 5.92 Å². The molecule has 0 bridgehead atoms. The molecule has 1 aliphatic carbocycles. The van der Waals surface area contributed by atoms with Crippen LogP contribution in [-0.4, -0.2) is 23.0 Å². The highest BCUT2D eigenvalue weighted by atomic mass is 16.4. The average molecular weight is 261 g/mol. The topological polar surface area (TPSA) is 66.4 Å². The number of benzene rings is 1. The molecule has 2 atom stereocenters. The molecule has 1 saturated carbocycles. The molecule has 0 aromatic heterocycles. The van der Waals surface area contributed by atoms with Gasteiger partial charge in [-0.25, -0.2) is 0 Å². The summed E-state index contributed by atoms with van der Waals surface area (Å²) in [7, 11) is 0. The SMILES string of the molecule is O=C(CCc1ccccc1)N[C@H]1CCC[C@H]1C(=O)O. The minimum Gasteiger partial charge on any atom is -0.481 e. The van der Waals surface area contributed by atoms with Crippen molar-refractivity contribution in [1.29, 1.82) is 0 Å². The molecule has 0 heterocycles. The van der Waals surface area contributed by atoms with E-state index in [9.17, 15) is 9.59 Å². The van der Waals surface area contributed by atoms with E-state index >= 15 is 0 Å². The third-order valence-corrected chi connectivity index (χ3v) is 3.66. The second-order valence-corrected chi connectivity index (χ2v) is 5.04. The Morgan fingerprint density at radius 3 is 2.63 bits per heavy atom. The Morgan fingerprint density at radius 2 is 1.95 bits per heavy atom. The summed E-state index contributed by atoms with van der Waals surface area (Å²) in [5, 5.41) is 11.9. The molecule has 1 aromatic carbocycles. The number of aryl methyl sites for hydroxylation is 1. The maximum Gasteiger partial charge on any atom is 0.308 e. The molecular weight excluding hydrogens is 242 g/mol. The van der Waals surface area contributed by atoms with Crippen LogP contribution in [0.4, 0.5) is 0 Å². The van der Waals surface area contributed by atoms with Gasteiger partial charge >= 0.3 is 5.97 Å².